The molecule has 1 aliphatic heterocycles. The Kier molecular flexibility index (Phi) is 3.74. The van der Waals surface area contributed by atoms with Gasteiger partial charge < -0.3 is 0 Å². The summed E-state index contributed by atoms with van der Waals surface area (Å²) in [5, 5.41) is 6.24. The van der Waals surface area contributed by atoms with Gasteiger partial charge in [0.15, 0.2) is 0 Å². The molecule has 2 atom stereocenters. The number of hydrogen-bond donors (Lipinski definition) is 1. The smallest absolute Gasteiger partial charge is 0.240 e. The van der Waals surface area contributed by atoms with Crippen molar-refractivity contribution >= 4 is 17.8 Å². The van der Waals surface area contributed by atoms with Gasteiger partial charge in [-0.15, -0.1) is 0 Å². The lowest BCUT2D eigenvalue weighted by molar-refractivity contribution is -0.123. The summed E-state index contributed by atoms with van der Waals surface area (Å²) in [6.45, 7) is 4.16. The van der Waals surface area contributed by atoms with E-state index < -0.39 is 0 Å². The Morgan fingerprint density at radius 2 is 2.33 bits per heavy atom. The zero-order chi connectivity index (χ0) is 13.1. The predicted molar refractivity (Wildman–Crippen MR) is 65.7 cm³/mol. The number of nitrogens with zero attached hydrogens (tertiary/aromatic N) is 3. The molecular formula is C12H18N4O2. The van der Waals surface area contributed by atoms with Crippen molar-refractivity contribution in [2.45, 2.75) is 39.5 Å². The van der Waals surface area contributed by atoms with Crippen LogP contribution in [0.5, 0.6) is 0 Å². The summed E-state index contributed by atoms with van der Waals surface area (Å²) >= 11 is 0. The second kappa shape index (κ2) is 5.29. The Hall–Kier alpha value is -1.72. The van der Waals surface area contributed by atoms with E-state index in [1.165, 1.54) is 6.33 Å². The van der Waals surface area contributed by atoms with Gasteiger partial charge in [0.1, 0.15) is 6.33 Å². The minimum absolute atomic E-state index is 0.152. The van der Waals surface area contributed by atoms with Crippen LogP contribution < -0.4 is 4.90 Å². The number of rotatable bonds is 5. The molecule has 6 nitrogen and oxygen atoms in total. The van der Waals surface area contributed by atoms with Gasteiger partial charge >= 0.3 is 0 Å². The summed E-state index contributed by atoms with van der Waals surface area (Å²) < 4.78 is 0. The van der Waals surface area contributed by atoms with Crippen molar-refractivity contribution in [2.24, 2.45) is 11.8 Å². The highest BCUT2D eigenvalue weighted by Gasteiger charge is 2.43. The van der Waals surface area contributed by atoms with E-state index in [1.54, 1.807) is 0 Å². The van der Waals surface area contributed by atoms with E-state index >= 15 is 0 Å². The molecule has 18 heavy (non-hydrogen) atoms. The van der Waals surface area contributed by atoms with Crippen LogP contribution in [0.4, 0.5) is 5.95 Å². The molecule has 6 heteroatoms. The molecule has 2 amide bonds. The van der Waals surface area contributed by atoms with E-state index in [4.69, 9.17) is 0 Å². The number of aromatic nitrogens is 3. The second-order valence-electron chi connectivity index (χ2n) is 4.81. The Balaban J connectivity index is 2.09. The molecule has 2 rings (SSSR count). The molecule has 1 fully saturated rings. The van der Waals surface area contributed by atoms with Crippen molar-refractivity contribution in [1.29, 1.82) is 0 Å². The van der Waals surface area contributed by atoms with E-state index in [9.17, 15) is 9.59 Å². The lowest BCUT2D eigenvalue weighted by atomic mass is 9.88. The summed E-state index contributed by atoms with van der Waals surface area (Å²) in [5.41, 5.74) is 0. The molecule has 1 aliphatic rings. The fourth-order valence-electron chi connectivity index (χ4n) is 2.36. The van der Waals surface area contributed by atoms with Gasteiger partial charge in [0.25, 0.3) is 0 Å². The molecule has 0 aromatic carbocycles. The molecule has 2 unspecified atom stereocenters. The van der Waals surface area contributed by atoms with Crippen molar-refractivity contribution < 1.29 is 9.59 Å². The highest BCUT2D eigenvalue weighted by Crippen LogP contribution is 2.31. The SMILES string of the molecule is CCCCC(C)C1CC(=O)N(c2ncn[nH]2)C1=O. The zero-order valence-corrected chi connectivity index (χ0v) is 10.7. The maximum atomic E-state index is 12.2. The summed E-state index contributed by atoms with van der Waals surface area (Å²) in [6.07, 6.45) is 4.74. The Bertz CT molecular complexity index is 429. The number of unbranched alkanes of at least 4 members (excludes halogenated alkanes) is 1. The van der Waals surface area contributed by atoms with Crippen LogP contribution in [0.25, 0.3) is 0 Å². The molecule has 98 valence electrons. The number of nitrogens with one attached hydrogen (secondary N) is 1. The average Bonchev–Trinajstić information content (AvgIpc) is 2.94. The fourth-order valence-corrected chi connectivity index (χ4v) is 2.36. The van der Waals surface area contributed by atoms with Gasteiger partial charge in [-0.3, -0.25) is 9.59 Å². The largest absolute Gasteiger partial charge is 0.274 e. The minimum Gasteiger partial charge on any atom is -0.274 e. The van der Waals surface area contributed by atoms with Crippen LogP contribution in [0.2, 0.25) is 0 Å². The molecule has 1 aromatic rings. The molecule has 0 bridgehead atoms. The lowest BCUT2D eigenvalue weighted by Crippen LogP contribution is -2.32. The van der Waals surface area contributed by atoms with Crippen LogP contribution in [-0.2, 0) is 9.59 Å². The number of anilines is 1. The summed E-state index contributed by atoms with van der Waals surface area (Å²) in [6, 6.07) is 0. The Morgan fingerprint density at radius 1 is 1.56 bits per heavy atom. The summed E-state index contributed by atoms with van der Waals surface area (Å²) in [4.78, 5) is 29.1. The standard InChI is InChI=1S/C12H18N4O2/c1-3-4-5-8(2)9-6-10(17)16(11(9)18)12-13-7-14-15-12/h7-9H,3-6H2,1-2H3,(H,13,14,15). The van der Waals surface area contributed by atoms with Crippen molar-refractivity contribution in [3.05, 3.63) is 6.33 Å². The van der Waals surface area contributed by atoms with E-state index in [2.05, 4.69) is 22.1 Å². The number of H-pyrrole nitrogens is 1. The monoisotopic (exact) mass is 250 g/mol. The predicted octanol–water partition coefficient (Wildman–Crippen LogP) is 1.51. The van der Waals surface area contributed by atoms with Gasteiger partial charge in [0, 0.05) is 6.42 Å². The third kappa shape index (κ3) is 2.27. The summed E-state index contributed by atoms with van der Waals surface area (Å²) in [5.74, 6) is -0.0934. The molecule has 2 heterocycles. The van der Waals surface area contributed by atoms with Crippen molar-refractivity contribution in [2.75, 3.05) is 4.90 Å². The third-order valence-corrected chi connectivity index (χ3v) is 3.50. The first kappa shape index (κ1) is 12.7. The van der Waals surface area contributed by atoms with Crippen LogP contribution in [0.1, 0.15) is 39.5 Å². The first-order valence-corrected chi connectivity index (χ1v) is 6.37. The lowest BCUT2D eigenvalue weighted by Gasteiger charge is -2.17. The van der Waals surface area contributed by atoms with Gasteiger partial charge in [-0.25, -0.2) is 10.00 Å². The first-order chi connectivity index (χ1) is 8.65. The van der Waals surface area contributed by atoms with Crippen molar-refractivity contribution in [1.82, 2.24) is 15.2 Å². The Labute approximate surface area is 106 Å². The quantitative estimate of drug-likeness (QED) is 0.803. The molecule has 0 saturated carbocycles. The second-order valence-corrected chi connectivity index (χ2v) is 4.81. The van der Waals surface area contributed by atoms with Gasteiger partial charge in [-0.05, 0) is 12.3 Å². The molecule has 1 aromatic heterocycles. The first-order valence-electron chi connectivity index (χ1n) is 6.37. The van der Waals surface area contributed by atoms with Crippen LogP contribution in [0.3, 0.4) is 0 Å². The molecular weight excluding hydrogens is 232 g/mol. The maximum Gasteiger partial charge on any atom is 0.240 e. The number of carbonyl (C=O) groups excluding carboxylic acids is 2. The number of carbonyl (C=O) groups is 2. The van der Waals surface area contributed by atoms with Crippen LogP contribution >= 0.6 is 0 Å². The molecule has 0 radical (unpaired) electrons. The van der Waals surface area contributed by atoms with Crippen LogP contribution in [-0.4, -0.2) is 27.0 Å². The van der Waals surface area contributed by atoms with Crippen molar-refractivity contribution in [3.8, 4) is 0 Å². The van der Waals surface area contributed by atoms with Gasteiger partial charge in [-0.1, -0.05) is 26.7 Å². The Morgan fingerprint density at radius 3 is 2.94 bits per heavy atom. The van der Waals surface area contributed by atoms with E-state index in [0.29, 0.717) is 0 Å². The summed E-state index contributed by atoms with van der Waals surface area (Å²) in [7, 11) is 0. The normalized spacial score (nSPS) is 21.7. The maximum absolute atomic E-state index is 12.2. The van der Waals surface area contributed by atoms with Gasteiger partial charge in [0.05, 0.1) is 5.92 Å². The zero-order valence-electron chi connectivity index (χ0n) is 10.7. The van der Waals surface area contributed by atoms with E-state index in [1.807, 2.05) is 6.92 Å². The van der Waals surface area contributed by atoms with Crippen LogP contribution in [0.15, 0.2) is 6.33 Å². The molecule has 1 N–H and O–H groups in total. The highest BCUT2D eigenvalue weighted by molar-refractivity contribution is 6.19. The molecule has 1 saturated heterocycles. The molecule has 0 spiro atoms. The number of aromatic amines is 1. The van der Waals surface area contributed by atoms with E-state index in [0.717, 1.165) is 24.2 Å². The number of amides is 2. The minimum atomic E-state index is -0.214. The van der Waals surface area contributed by atoms with Crippen molar-refractivity contribution in [3.63, 3.8) is 0 Å². The number of hydrogen-bond acceptors (Lipinski definition) is 4. The highest BCUT2D eigenvalue weighted by atomic mass is 16.2. The van der Waals surface area contributed by atoms with Crippen LogP contribution in [0, 0.1) is 11.8 Å². The molecule has 0 aliphatic carbocycles. The number of imide groups is 1. The van der Waals surface area contributed by atoms with Gasteiger partial charge in [-0.2, -0.15) is 10.1 Å². The average molecular weight is 250 g/mol. The van der Waals surface area contributed by atoms with Gasteiger partial charge in [0.2, 0.25) is 17.8 Å². The topological polar surface area (TPSA) is 79.0 Å². The third-order valence-electron chi connectivity index (χ3n) is 3.50. The van der Waals surface area contributed by atoms with E-state index in [-0.39, 0.29) is 36.0 Å². The fraction of sp³-hybridized carbons (Fsp3) is 0.667.